The van der Waals surface area contributed by atoms with Gasteiger partial charge >= 0.3 is 0 Å². The maximum atomic E-state index is 13.0. The van der Waals surface area contributed by atoms with Crippen LogP contribution in [0, 0.1) is 0 Å². The van der Waals surface area contributed by atoms with Crippen molar-refractivity contribution in [1.29, 1.82) is 0 Å². The highest BCUT2D eigenvalue weighted by molar-refractivity contribution is 7.89. The Morgan fingerprint density at radius 1 is 1.08 bits per heavy atom. The fraction of sp³-hybridized carbons (Fsp3) is 0.556. The number of hydrogen-bond donors (Lipinski definition) is 1. The molecule has 144 valence electrons. The van der Waals surface area contributed by atoms with Crippen molar-refractivity contribution in [3.05, 3.63) is 30.5 Å². The van der Waals surface area contributed by atoms with E-state index in [0.29, 0.717) is 37.2 Å². The van der Waals surface area contributed by atoms with Gasteiger partial charge in [0.2, 0.25) is 10.0 Å². The summed E-state index contributed by atoms with van der Waals surface area (Å²) < 4.78 is 35.3. The molecule has 0 bridgehead atoms. The van der Waals surface area contributed by atoms with Crippen LogP contribution in [0.2, 0.25) is 0 Å². The molecule has 8 heteroatoms. The summed E-state index contributed by atoms with van der Waals surface area (Å²) in [5, 5.41) is 4.48. The van der Waals surface area contributed by atoms with Crippen LogP contribution in [0.1, 0.15) is 25.3 Å². The number of fused-ring (bicyclic) bond motifs is 1. The molecule has 2 saturated heterocycles. The molecular weight excluding hydrogens is 374 g/mol. The van der Waals surface area contributed by atoms with Crippen molar-refractivity contribution in [1.82, 2.24) is 14.2 Å². The van der Waals surface area contributed by atoms with Crippen LogP contribution >= 0.6 is 12.4 Å². The zero-order chi connectivity index (χ0) is 17.3. The smallest absolute Gasteiger partial charge is 0.243 e. The minimum Gasteiger partial charge on any atom is -0.380 e. The highest BCUT2D eigenvalue weighted by Crippen LogP contribution is 2.28. The van der Waals surface area contributed by atoms with Gasteiger partial charge < -0.3 is 14.6 Å². The van der Waals surface area contributed by atoms with E-state index >= 15 is 0 Å². The average molecular weight is 400 g/mol. The van der Waals surface area contributed by atoms with Crippen molar-refractivity contribution >= 4 is 33.3 Å². The van der Waals surface area contributed by atoms with E-state index in [9.17, 15) is 8.42 Å². The minimum atomic E-state index is -3.47. The number of aromatic nitrogens is 1. The largest absolute Gasteiger partial charge is 0.380 e. The minimum absolute atomic E-state index is 0. The Labute approximate surface area is 161 Å². The molecule has 3 heterocycles. The Balaban J connectivity index is 0.00000196. The number of ether oxygens (including phenoxy) is 1. The van der Waals surface area contributed by atoms with Crippen LogP contribution in [-0.2, 0) is 14.8 Å². The van der Waals surface area contributed by atoms with Gasteiger partial charge in [0.15, 0.2) is 0 Å². The Hall–Kier alpha value is -1.12. The molecule has 2 aliphatic heterocycles. The van der Waals surface area contributed by atoms with E-state index < -0.39 is 10.0 Å². The van der Waals surface area contributed by atoms with E-state index in [-0.39, 0.29) is 12.4 Å². The number of nitrogens with one attached hydrogen (secondary N) is 1. The molecule has 6 nitrogen and oxygen atoms in total. The molecule has 2 fully saturated rings. The Morgan fingerprint density at radius 3 is 2.69 bits per heavy atom. The Morgan fingerprint density at radius 2 is 1.88 bits per heavy atom. The predicted molar refractivity (Wildman–Crippen MR) is 105 cm³/mol. The number of rotatable bonds is 3. The van der Waals surface area contributed by atoms with Gasteiger partial charge in [-0.05, 0) is 55.9 Å². The van der Waals surface area contributed by atoms with Crippen molar-refractivity contribution in [3.8, 4) is 0 Å². The van der Waals surface area contributed by atoms with E-state index in [2.05, 4.69) is 22.1 Å². The standard InChI is InChI=1S/C18H25N3O3S.ClH/c22-25(23,20-9-1-12-24-13-11-20)17-3-2-15-6-10-21(18(15)14-17)16-4-7-19-8-5-16;/h2-3,6,10,14,16,19H,1,4-5,7-9,11-13H2;1H. The predicted octanol–water partition coefficient (Wildman–Crippen LogP) is 2.40. The molecule has 1 aromatic heterocycles. The normalized spacial score (nSPS) is 20.6. The summed E-state index contributed by atoms with van der Waals surface area (Å²) in [4.78, 5) is 0.385. The number of piperidine rings is 1. The summed E-state index contributed by atoms with van der Waals surface area (Å²) in [5.41, 5.74) is 1.01. The topological polar surface area (TPSA) is 63.6 Å². The fourth-order valence-electron chi connectivity index (χ4n) is 3.81. The molecule has 0 spiro atoms. The molecule has 0 aliphatic carbocycles. The maximum absolute atomic E-state index is 13.0. The lowest BCUT2D eigenvalue weighted by molar-refractivity contribution is 0.148. The second kappa shape index (κ2) is 8.27. The van der Waals surface area contributed by atoms with Crippen molar-refractivity contribution in [3.63, 3.8) is 0 Å². The van der Waals surface area contributed by atoms with E-state index in [0.717, 1.165) is 43.3 Å². The van der Waals surface area contributed by atoms with E-state index in [4.69, 9.17) is 4.74 Å². The third-order valence-corrected chi connectivity index (χ3v) is 7.11. The van der Waals surface area contributed by atoms with Gasteiger partial charge in [0, 0.05) is 37.5 Å². The molecule has 2 aromatic rings. The van der Waals surface area contributed by atoms with E-state index in [1.807, 2.05) is 12.1 Å². The molecule has 4 rings (SSSR count). The van der Waals surface area contributed by atoms with Crippen molar-refractivity contribution < 1.29 is 13.2 Å². The summed E-state index contributed by atoms with van der Waals surface area (Å²) >= 11 is 0. The van der Waals surface area contributed by atoms with Crippen LogP contribution in [0.25, 0.3) is 10.9 Å². The molecule has 0 unspecified atom stereocenters. The van der Waals surface area contributed by atoms with E-state index in [1.165, 1.54) is 0 Å². The van der Waals surface area contributed by atoms with Crippen molar-refractivity contribution in [2.45, 2.75) is 30.2 Å². The Kier molecular flexibility index (Phi) is 6.25. The summed E-state index contributed by atoms with van der Waals surface area (Å²) in [7, 11) is -3.47. The zero-order valence-electron chi connectivity index (χ0n) is 14.8. The van der Waals surface area contributed by atoms with Gasteiger partial charge in [-0.15, -0.1) is 12.4 Å². The monoisotopic (exact) mass is 399 g/mol. The Bertz CT molecular complexity index is 838. The van der Waals surface area contributed by atoms with Gasteiger partial charge in [-0.3, -0.25) is 0 Å². The molecule has 26 heavy (non-hydrogen) atoms. The number of halogens is 1. The number of benzene rings is 1. The van der Waals surface area contributed by atoms with Crippen LogP contribution in [0.15, 0.2) is 35.4 Å². The molecule has 0 amide bonds. The first-order chi connectivity index (χ1) is 12.2. The molecule has 2 aliphatic rings. The molecule has 1 N–H and O–H groups in total. The molecule has 0 atom stereocenters. The van der Waals surface area contributed by atoms with Crippen molar-refractivity contribution in [2.75, 3.05) is 39.4 Å². The number of hydrogen-bond acceptors (Lipinski definition) is 4. The highest BCUT2D eigenvalue weighted by atomic mass is 35.5. The van der Waals surface area contributed by atoms with Crippen LogP contribution in [-0.4, -0.2) is 56.7 Å². The first-order valence-electron chi connectivity index (χ1n) is 9.05. The van der Waals surface area contributed by atoms with Crippen molar-refractivity contribution in [2.24, 2.45) is 0 Å². The quantitative estimate of drug-likeness (QED) is 0.860. The first-order valence-corrected chi connectivity index (χ1v) is 10.5. The lowest BCUT2D eigenvalue weighted by Crippen LogP contribution is -2.33. The molecule has 0 radical (unpaired) electrons. The number of sulfonamides is 1. The first kappa shape index (κ1) is 19.6. The highest BCUT2D eigenvalue weighted by Gasteiger charge is 2.26. The van der Waals surface area contributed by atoms with Gasteiger partial charge in [0.05, 0.1) is 11.5 Å². The summed E-state index contributed by atoms with van der Waals surface area (Å²) in [6.45, 7) is 4.06. The zero-order valence-corrected chi connectivity index (χ0v) is 16.4. The third kappa shape index (κ3) is 3.77. The number of nitrogens with zero attached hydrogens (tertiary/aromatic N) is 2. The fourth-order valence-corrected chi connectivity index (χ4v) is 5.29. The second-order valence-electron chi connectivity index (χ2n) is 6.79. The van der Waals surface area contributed by atoms with Gasteiger partial charge in [0.1, 0.15) is 0 Å². The lowest BCUT2D eigenvalue weighted by atomic mass is 10.1. The summed E-state index contributed by atoms with van der Waals surface area (Å²) in [6.07, 6.45) is 4.98. The van der Waals surface area contributed by atoms with Crippen LogP contribution in [0.3, 0.4) is 0 Å². The van der Waals surface area contributed by atoms with Crippen LogP contribution in [0.5, 0.6) is 0 Å². The van der Waals surface area contributed by atoms with Gasteiger partial charge in [-0.1, -0.05) is 6.07 Å². The summed E-state index contributed by atoms with van der Waals surface area (Å²) in [5.74, 6) is 0. The van der Waals surface area contributed by atoms with Crippen LogP contribution in [0.4, 0.5) is 0 Å². The van der Waals surface area contributed by atoms with E-state index in [1.54, 1.807) is 10.4 Å². The van der Waals surface area contributed by atoms with Gasteiger partial charge in [-0.25, -0.2) is 8.42 Å². The lowest BCUT2D eigenvalue weighted by Gasteiger charge is -2.25. The molecular formula is C18H26ClN3O3S. The molecule has 0 saturated carbocycles. The molecule has 1 aromatic carbocycles. The average Bonchev–Trinajstić information content (AvgIpc) is 2.86. The third-order valence-electron chi connectivity index (χ3n) is 5.22. The summed E-state index contributed by atoms with van der Waals surface area (Å²) in [6, 6.07) is 8.01. The second-order valence-corrected chi connectivity index (χ2v) is 8.73. The van der Waals surface area contributed by atoms with Gasteiger partial charge in [0.25, 0.3) is 0 Å². The maximum Gasteiger partial charge on any atom is 0.243 e. The van der Waals surface area contributed by atoms with Gasteiger partial charge in [-0.2, -0.15) is 4.31 Å². The SMILES string of the molecule is Cl.O=S(=O)(c1ccc2ccn(C3CCNCC3)c2c1)N1CCCOCC1. The van der Waals surface area contributed by atoms with Crippen LogP contribution < -0.4 is 5.32 Å².